The van der Waals surface area contributed by atoms with E-state index in [0.717, 1.165) is 49.3 Å². The van der Waals surface area contributed by atoms with Crippen LogP contribution in [0.1, 0.15) is 19.3 Å². The monoisotopic (exact) mass is 343 g/mol. The van der Waals surface area contributed by atoms with Gasteiger partial charge in [0.05, 0.1) is 0 Å². The van der Waals surface area contributed by atoms with Crippen molar-refractivity contribution in [3.63, 3.8) is 0 Å². The summed E-state index contributed by atoms with van der Waals surface area (Å²) in [5.41, 5.74) is 1.23. The van der Waals surface area contributed by atoms with Crippen LogP contribution >= 0.6 is 11.6 Å². The fourth-order valence-electron chi connectivity index (χ4n) is 3.52. The number of anilines is 3. The third-order valence-corrected chi connectivity index (χ3v) is 5.07. The van der Waals surface area contributed by atoms with Crippen molar-refractivity contribution in [3.8, 4) is 0 Å². The normalized spacial score (nSPS) is 20.6. The van der Waals surface area contributed by atoms with Crippen LogP contribution in [0, 0.1) is 0 Å². The topological polar surface area (TPSA) is 44.3 Å². The average Bonchev–Trinajstić information content (AvgIpc) is 3.28. The molecular formula is C18H22ClN5. The molecule has 0 amide bonds. The van der Waals surface area contributed by atoms with Gasteiger partial charge in [-0.3, -0.25) is 0 Å². The highest BCUT2D eigenvalue weighted by molar-refractivity contribution is 6.30. The van der Waals surface area contributed by atoms with Gasteiger partial charge in [0.15, 0.2) is 0 Å². The first-order valence-electron chi connectivity index (χ1n) is 8.62. The van der Waals surface area contributed by atoms with Gasteiger partial charge in [0, 0.05) is 49.0 Å². The molecule has 0 bridgehead atoms. The van der Waals surface area contributed by atoms with Gasteiger partial charge in [0.1, 0.15) is 18.0 Å². The molecule has 0 saturated carbocycles. The zero-order valence-electron chi connectivity index (χ0n) is 13.7. The van der Waals surface area contributed by atoms with E-state index in [1.807, 2.05) is 12.1 Å². The molecule has 2 aromatic rings. The first kappa shape index (κ1) is 15.5. The van der Waals surface area contributed by atoms with Gasteiger partial charge >= 0.3 is 0 Å². The van der Waals surface area contributed by atoms with E-state index >= 15 is 0 Å². The minimum atomic E-state index is 0.405. The molecule has 126 valence electrons. The van der Waals surface area contributed by atoms with Crippen LogP contribution in [0.5, 0.6) is 0 Å². The number of hydrogen-bond acceptors (Lipinski definition) is 5. The Morgan fingerprint density at radius 2 is 1.79 bits per heavy atom. The molecule has 5 nitrogen and oxygen atoms in total. The molecule has 6 heteroatoms. The summed E-state index contributed by atoms with van der Waals surface area (Å²) in [6, 6.07) is 10.6. The summed E-state index contributed by atoms with van der Waals surface area (Å²) < 4.78 is 0. The van der Waals surface area contributed by atoms with Crippen molar-refractivity contribution in [1.82, 2.24) is 9.97 Å². The van der Waals surface area contributed by atoms with Crippen LogP contribution in [0.15, 0.2) is 36.7 Å². The number of aromatic nitrogens is 2. The van der Waals surface area contributed by atoms with E-state index in [4.69, 9.17) is 11.6 Å². The Labute approximate surface area is 147 Å². The molecule has 1 aromatic carbocycles. The lowest BCUT2D eigenvalue weighted by Gasteiger charge is -2.20. The highest BCUT2D eigenvalue weighted by Crippen LogP contribution is 2.25. The summed E-state index contributed by atoms with van der Waals surface area (Å²) in [6.07, 6.45) is 5.28. The molecule has 1 unspecified atom stereocenters. The third kappa shape index (κ3) is 3.41. The fourth-order valence-corrected chi connectivity index (χ4v) is 3.64. The maximum absolute atomic E-state index is 5.97. The van der Waals surface area contributed by atoms with E-state index in [1.54, 1.807) is 6.33 Å². The van der Waals surface area contributed by atoms with Crippen LogP contribution in [0.25, 0.3) is 0 Å². The Balaban J connectivity index is 1.39. The standard InChI is InChI=1S/C18H22ClN5/c19-14-3-5-16(6-4-14)24-10-7-15(12-24)22-17-11-18(21-13-20-17)23-8-1-2-9-23/h3-6,11,13,15H,1-2,7-10,12H2,(H,20,21,22). The van der Waals surface area contributed by atoms with Crippen LogP contribution in [-0.2, 0) is 0 Å². The number of benzene rings is 1. The van der Waals surface area contributed by atoms with E-state index < -0.39 is 0 Å². The van der Waals surface area contributed by atoms with Crippen LogP contribution in [0.3, 0.4) is 0 Å². The minimum absolute atomic E-state index is 0.405. The summed E-state index contributed by atoms with van der Waals surface area (Å²) in [6.45, 7) is 4.22. The number of hydrogen-bond donors (Lipinski definition) is 1. The second-order valence-corrected chi connectivity index (χ2v) is 6.94. The lowest BCUT2D eigenvalue weighted by Crippen LogP contribution is -2.26. The lowest BCUT2D eigenvalue weighted by atomic mass is 10.2. The van der Waals surface area contributed by atoms with Gasteiger partial charge < -0.3 is 15.1 Å². The second kappa shape index (κ2) is 6.85. The quantitative estimate of drug-likeness (QED) is 0.921. The van der Waals surface area contributed by atoms with Crippen molar-refractivity contribution in [2.45, 2.75) is 25.3 Å². The van der Waals surface area contributed by atoms with Gasteiger partial charge in [0.25, 0.3) is 0 Å². The molecule has 1 aromatic heterocycles. The smallest absolute Gasteiger partial charge is 0.134 e. The third-order valence-electron chi connectivity index (χ3n) is 4.81. The van der Waals surface area contributed by atoms with Crippen LogP contribution < -0.4 is 15.1 Å². The maximum atomic E-state index is 5.97. The number of rotatable bonds is 4. The Morgan fingerprint density at radius 3 is 2.58 bits per heavy atom. The van der Waals surface area contributed by atoms with Crippen LogP contribution in [-0.4, -0.2) is 42.2 Å². The van der Waals surface area contributed by atoms with E-state index in [2.05, 4.69) is 43.3 Å². The van der Waals surface area contributed by atoms with Gasteiger partial charge in [-0.1, -0.05) is 11.6 Å². The number of halogens is 1. The molecule has 24 heavy (non-hydrogen) atoms. The van der Waals surface area contributed by atoms with Crippen molar-refractivity contribution in [2.24, 2.45) is 0 Å². The molecule has 2 saturated heterocycles. The summed E-state index contributed by atoms with van der Waals surface area (Å²) >= 11 is 5.97. The Morgan fingerprint density at radius 1 is 1.00 bits per heavy atom. The van der Waals surface area contributed by atoms with Gasteiger partial charge in [-0.25, -0.2) is 9.97 Å². The van der Waals surface area contributed by atoms with E-state index in [-0.39, 0.29) is 0 Å². The van der Waals surface area contributed by atoms with E-state index in [9.17, 15) is 0 Å². The summed E-state index contributed by atoms with van der Waals surface area (Å²) in [7, 11) is 0. The zero-order chi connectivity index (χ0) is 16.4. The number of nitrogens with zero attached hydrogens (tertiary/aromatic N) is 4. The Bertz CT molecular complexity index is 684. The Hall–Kier alpha value is -2.01. The first-order chi connectivity index (χ1) is 11.8. The summed E-state index contributed by atoms with van der Waals surface area (Å²) in [4.78, 5) is 13.5. The minimum Gasteiger partial charge on any atom is -0.369 e. The molecule has 1 atom stereocenters. The molecule has 2 aliphatic heterocycles. The van der Waals surface area contributed by atoms with Crippen LogP contribution in [0.2, 0.25) is 5.02 Å². The SMILES string of the molecule is Clc1ccc(N2CCC(Nc3cc(N4CCCC4)ncn3)C2)cc1. The summed E-state index contributed by atoms with van der Waals surface area (Å²) in [5, 5.41) is 4.35. The Kier molecular flexibility index (Phi) is 4.43. The van der Waals surface area contributed by atoms with Crippen molar-refractivity contribution >= 4 is 28.9 Å². The molecule has 0 aliphatic carbocycles. The van der Waals surface area contributed by atoms with Gasteiger partial charge in [-0.2, -0.15) is 0 Å². The highest BCUT2D eigenvalue weighted by atomic mass is 35.5. The molecule has 2 fully saturated rings. The van der Waals surface area contributed by atoms with Crippen molar-refractivity contribution in [1.29, 1.82) is 0 Å². The van der Waals surface area contributed by atoms with Crippen molar-refractivity contribution in [2.75, 3.05) is 41.3 Å². The number of nitrogens with one attached hydrogen (secondary N) is 1. The van der Waals surface area contributed by atoms with E-state index in [1.165, 1.54) is 18.5 Å². The predicted molar refractivity (Wildman–Crippen MR) is 99.2 cm³/mol. The molecule has 0 radical (unpaired) electrons. The zero-order valence-corrected chi connectivity index (χ0v) is 14.4. The van der Waals surface area contributed by atoms with Crippen molar-refractivity contribution < 1.29 is 0 Å². The van der Waals surface area contributed by atoms with Gasteiger partial charge in [-0.15, -0.1) is 0 Å². The van der Waals surface area contributed by atoms with E-state index in [0.29, 0.717) is 6.04 Å². The summed E-state index contributed by atoms with van der Waals surface area (Å²) in [5.74, 6) is 1.97. The molecular weight excluding hydrogens is 322 g/mol. The van der Waals surface area contributed by atoms with Crippen LogP contribution in [0.4, 0.5) is 17.3 Å². The van der Waals surface area contributed by atoms with Gasteiger partial charge in [0.2, 0.25) is 0 Å². The molecule has 3 heterocycles. The molecule has 4 rings (SSSR count). The molecule has 2 aliphatic rings. The molecule has 0 spiro atoms. The van der Waals surface area contributed by atoms with Crippen molar-refractivity contribution in [3.05, 3.63) is 41.7 Å². The highest BCUT2D eigenvalue weighted by Gasteiger charge is 2.23. The second-order valence-electron chi connectivity index (χ2n) is 6.51. The predicted octanol–water partition coefficient (Wildman–Crippen LogP) is 3.42. The largest absolute Gasteiger partial charge is 0.369 e. The van der Waals surface area contributed by atoms with Gasteiger partial charge in [-0.05, 0) is 43.5 Å². The molecule has 1 N–H and O–H groups in total. The lowest BCUT2D eigenvalue weighted by molar-refractivity contribution is 0.798. The average molecular weight is 344 g/mol. The first-order valence-corrected chi connectivity index (χ1v) is 9.00. The fraction of sp³-hybridized carbons (Fsp3) is 0.444. The maximum Gasteiger partial charge on any atom is 0.134 e.